The highest BCUT2D eigenvalue weighted by Crippen LogP contribution is 2.28. The zero-order valence-corrected chi connectivity index (χ0v) is 8.07. The van der Waals surface area contributed by atoms with Gasteiger partial charge in [0.25, 0.3) is 0 Å². The van der Waals surface area contributed by atoms with Gasteiger partial charge in [-0.1, -0.05) is 6.92 Å². The SMILES string of the molecule is CC(=O)O[C@@H]1OC[C@H](C(C)=O)[C@@H]1C. The minimum Gasteiger partial charge on any atom is -0.436 e. The van der Waals surface area contributed by atoms with Crippen LogP contribution in [0.5, 0.6) is 0 Å². The lowest BCUT2D eigenvalue weighted by Gasteiger charge is -2.15. The summed E-state index contributed by atoms with van der Waals surface area (Å²) in [6.07, 6.45) is -0.550. The average Bonchev–Trinajstić information content (AvgIpc) is 2.32. The summed E-state index contributed by atoms with van der Waals surface area (Å²) in [7, 11) is 0. The largest absolute Gasteiger partial charge is 0.436 e. The highest BCUT2D eigenvalue weighted by atomic mass is 16.7. The quantitative estimate of drug-likeness (QED) is 0.597. The second-order valence-electron chi connectivity index (χ2n) is 3.39. The van der Waals surface area contributed by atoms with Crippen LogP contribution in [-0.4, -0.2) is 24.6 Å². The molecule has 74 valence electrons. The number of ether oxygens (including phenoxy) is 2. The van der Waals surface area contributed by atoms with E-state index in [1.807, 2.05) is 6.92 Å². The van der Waals surface area contributed by atoms with Gasteiger partial charge < -0.3 is 9.47 Å². The number of ketones is 1. The molecule has 13 heavy (non-hydrogen) atoms. The first-order chi connectivity index (χ1) is 6.02. The van der Waals surface area contributed by atoms with Crippen LogP contribution in [0.3, 0.4) is 0 Å². The molecule has 1 rings (SSSR count). The van der Waals surface area contributed by atoms with E-state index in [1.165, 1.54) is 13.8 Å². The molecule has 1 aliphatic heterocycles. The van der Waals surface area contributed by atoms with Gasteiger partial charge in [-0.15, -0.1) is 0 Å². The third kappa shape index (κ3) is 2.28. The molecule has 4 heteroatoms. The maximum atomic E-state index is 11.1. The van der Waals surface area contributed by atoms with Crippen LogP contribution in [0, 0.1) is 11.8 Å². The van der Waals surface area contributed by atoms with Crippen LogP contribution in [0.4, 0.5) is 0 Å². The van der Waals surface area contributed by atoms with E-state index in [1.54, 1.807) is 0 Å². The predicted octanol–water partition coefficient (Wildman–Crippen LogP) is 0.747. The van der Waals surface area contributed by atoms with Gasteiger partial charge in [-0.2, -0.15) is 0 Å². The molecule has 0 aliphatic carbocycles. The molecule has 0 unspecified atom stereocenters. The van der Waals surface area contributed by atoms with Crippen LogP contribution in [-0.2, 0) is 19.1 Å². The Bertz CT molecular complexity index is 224. The van der Waals surface area contributed by atoms with Crippen LogP contribution in [0.1, 0.15) is 20.8 Å². The molecule has 0 aromatic rings. The Morgan fingerprint density at radius 1 is 1.38 bits per heavy atom. The Morgan fingerprint density at radius 3 is 2.38 bits per heavy atom. The molecule has 0 aromatic carbocycles. The number of hydrogen-bond acceptors (Lipinski definition) is 4. The summed E-state index contributed by atoms with van der Waals surface area (Å²) in [5.41, 5.74) is 0. The van der Waals surface area contributed by atoms with E-state index in [4.69, 9.17) is 9.47 Å². The number of carbonyl (C=O) groups is 2. The molecular formula is C9H14O4. The summed E-state index contributed by atoms with van der Waals surface area (Å²) in [6.45, 7) is 5.07. The zero-order chi connectivity index (χ0) is 10.0. The summed E-state index contributed by atoms with van der Waals surface area (Å²) < 4.78 is 10.1. The molecule has 0 saturated carbocycles. The Kier molecular flexibility index (Phi) is 3.03. The van der Waals surface area contributed by atoms with E-state index in [0.29, 0.717) is 6.61 Å². The summed E-state index contributed by atoms with van der Waals surface area (Å²) in [4.78, 5) is 21.7. The van der Waals surface area contributed by atoms with Gasteiger partial charge in [-0.3, -0.25) is 9.59 Å². The van der Waals surface area contributed by atoms with Gasteiger partial charge >= 0.3 is 5.97 Å². The molecule has 0 spiro atoms. The van der Waals surface area contributed by atoms with E-state index >= 15 is 0 Å². The van der Waals surface area contributed by atoms with Gasteiger partial charge in [0.15, 0.2) is 0 Å². The Hall–Kier alpha value is -0.900. The zero-order valence-electron chi connectivity index (χ0n) is 8.07. The topological polar surface area (TPSA) is 52.6 Å². The monoisotopic (exact) mass is 186 g/mol. The molecule has 0 aromatic heterocycles. The summed E-state index contributed by atoms with van der Waals surface area (Å²) in [6, 6.07) is 0. The first kappa shape index (κ1) is 10.2. The number of rotatable bonds is 2. The van der Waals surface area contributed by atoms with Crippen molar-refractivity contribution in [1.82, 2.24) is 0 Å². The number of hydrogen-bond donors (Lipinski definition) is 0. The van der Waals surface area contributed by atoms with E-state index in [-0.39, 0.29) is 23.6 Å². The lowest BCUT2D eigenvalue weighted by molar-refractivity contribution is -0.172. The fourth-order valence-electron chi connectivity index (χ4n) is 1.48. The van der Waals surface area contributed by atoms with Gasteiger partial charge in [0.05, 0.1) is 6.61 Å². The Labute approximate surface area is 77.2 Å². The summed E-state index contributed by atoms with van der Waals surface area (Å²) >= 11 is 0. The number of Topliss-reactive ketones (excluding diaryl/α,β-unsaturated/α-hetero) is 1. The van der Waals surface area contributed by atoms with Crippen molar-refractivity contribution in [2.24, 2.45) is 11.8 Å². The van der Waals surface area contributed by atoms with Crippen LogP contribution in [0.25, 0.3) is 0 Å². The van der Waals surface area contributed by atoms with Crippen molar-refractivity contribution < 1.29 is 19.1 Å². The molecule has 0 amide bonds. The standard InChI is InChI=1S/C9H14O4/c1-5-8(6(2)10)4-12-9(5)13-7(3)11/h5,8-9H,4H2,1-3H3/t5-,8-,9-/m0/s1. The fourth-order valence-corrected chi connectivity index (χ4v) is 1.48. The van der Waals surface area contributed by atoms with Crippen molar-refractivity contribution in [3.63, 3.8) is 0 Å². The summed E-state index contributed by atoms with van der Waals surface area (Å²) in [5.74, 6) is -0.464. The lowest BCUT2D eigenvalue weighted by Crippen LogP contribution is -2.25. The molecule has 0 radical (unpaired) electrons. The highest BCUT2D eigenvalue weighted by molar-refractivity contribution is 5.79. The normalized spacial score (nSPS) is 33.0. The Balaban J connectivity index is 2.54. The molecule has 1 fully saturated rings. The number of carbonyl (C=O) groups excluding carboxylic acids is 2. The molecule has 0 bridgehead atoms. The summed E-state index contributed by atoms with van der Waals surface area (Å²) in [5, 5.41) is 0. The van der Waals surface area contributed by atoms with Gasteiger partial charge in [0, 0.05) is 18.8 Å². The highest BCUT2D eigenvalue weighted by Gasteiger charge is 2.38. The molecule has 1 aliphatic rings. The third-order valence-electron chi connectivity index (χ3n) is 2.31. The first-order valence-corrected chi connectivity index (χ1v) is 4.31. The van der Waals surface area contributed by atoms with E-state index < -0.39 is 6.29 Å². The second kappa shape index (κ2) is 3.87. The third-order valence-corrected chi connectivity index (χ3v) is 2.31. The van der Waals surface area contributed by atoms with Crippen molar-refractivity contribution in [1.29, 1.82) is 0 Å². The molecule has 1 saturated heterocycles. The van der Waals surface area contributed by atoms with E-state index in [9.17, 15) is 9.59 Å². The maximum Gasteiger partial charge on any atom is 0.304 e. The molecular weight excluding hydrogens is 172 g/mol. The van der Waals surface area contributed by atoms with Crippen molar-refractivity contribution in [2.45, 2.75) is 27.1 Å². The van der Waals surface area contributed by atoms with Crippen molar-refractivity contribution in [3.8, 4) is 0 Å². The molecule has 4 nitrogen and oxygen atoms in total. The first-order valence-electron chi connectivity index (χ1n) is 4.31. The van der Waals surface area contributed by atoms with E-state index in [2.05, 4.69) is 0 Å². The van der Waals surface area contributed by atoms with Crippen LogP contribution in [0.15, 0.2) is 0 Å². The van der Waals surface area contributed by atoms with Gasteiger partial charge in [-0.25, -0.2) is 0 Å². The molecule has 1 heterocycles. The van der Waals surface area contributed by atoms with Gasteiger partial charge in [0.1, 0.15) is 5.78 Å². The minimum absolute atomic E-state index is 0.0404. The molecule has 0 N–H and O–H groups in total. The Morgan fingerprint density at radius 2 is 2.00 bits per heavy atom. The van der Waals surface area contributed by atoms with Crippen molar-refractivity contribution in [2.75, 3.05) is 6.61 Å². The van der Waals surface area contributed by atoms with Crippen LogP contribution in [0.2, 0.25) is 0 Å². The molecule has 3 atom stereocenters. The van der Waals surface area contributed by atoms with Crippen molar-refractivity contribution >= 4 is 11.8 Å². The smallest absolute Gasteiger partial charge is 0.304 e. The van der Waals surface area contributed by atoms with Gasteiger partial charge in [-0.05, 0) is 6.92 Å². The number of esters is 1. The van der Waals surface area contributed by atoms with Crippen LogP contribution < -0.4 is 0 Å². The lowest BCUT2D eigenvalue weighted by atomic mass is 9.93. The second-order valence-corrected chi connectivity index (χ2v) is 3.39. The van der Waals surface area contributed by atoms with E-state index in [0.717, 1.165) is 0 Å². The maximum absolute atomic E-state index is 11.1. The minimum atomic E-state index is -0.550. The van der Waals surface area contributed by atoms with Crippen LogP contribution >= 0.6 is 0 Å². The fraction of sp³-hybridized carbons (Fsp3) is 0.778. The predicted molar refractivity (Wildman–Crippen MR) is 44.8 cm³/mol. The van der Waals surface area contributed by atoms with Crippen molar-refractivity contribution in [3.05, 3.63) is 0 Å². The average molecular weight is 186 g/mol. The van der Waals surface area contributed by atoms with Gasteiger partial charge in [0.2, 0.25) is 6.29 Å².